The van der Waals surface area contributed by atoms with Crippen LogP contribution < -0.4 is 9.47 Å². The van der Waals surface area contributed by atoms with Gasteiger partial charge in [0.15, 0.2) is 11.5 Å². The Morgan fingerprint density at radius 1 is 1.00 bits per heavy atom. The molecule has 2 aromatic carbocycles. The maximum Gasteiger partial charge on any atom is 0.161 e. The van der Waals surface area contributed by atoms with Crippen LogP contribution in [0.3, 0.4) is 0 Å². The first kappa shape index (κ1) is 17.0. The van der Waals surface area contributed by atoms with Crippen molar-refractivity contribution in [1.29, 1.82) is 0 Å². The monoisotopic (exact) mass is 338 g/mol. The number of hydrogen-bond acceptors (Lipinski definition) is 4. The molecule has 0 bridgehead atoms. The van der Waals surface area contributed by atoms with E-state index in [1.807, 2.05) is 43.3 Å². The number of ether oxygens (including phenoxy) is 2. The zero-order valence-electron chi connectivity index (χ0n) is 12.7. The maximum atomic E-state index is 10.5. The Bertz CT molecular complexity index is 616. The lowest BCUT2D eigenvalue weighted by Gasteiger charge is -2.20. The fraction of sp³-hybridized carbons (Fsp3) is 0.294. The second kappa shape index (κ2) is 7.77. The highest BCUT2D eigenvalue weighted by Gasteiger charge is 2.19. The number of thioether (sulfide) groups is 1. The summed E-state index contributed by atoms with van der Waals surface area (Å²) in [5, 5.41) is 11.2. The van der Waals surface area contributed by atoms with Crippen LogP contribution >= 0.6 is 23.4 Å². The van der Waals surface area contributed by atoms with Crippen LogP contribution in [0.2, 0.25) is 5.02 Å². The fourth-order valence-corrected chi connectivity index (χ4v) is 3.23. The molecule has 0 aliphatic rings. The highest BCUT2D eigenvalue weighted by atomic mass is 35.5. The minimum absolute atomic E-state index is 0.0146. The molecule has 0 aliphatic carbocycles. The van der Waals surface area contributed by atoms with Gasteiger partial charge in [0.2, 0.25) is 0 Å². The summed E-state index contributed by atoms with van der Waals surface area (Å²) >= 11 is 7.48. The van der Waals surface area contributed by atoms with Crippen molar-refractivity contribution in [1.82, 2.24) is 0 Å². The van der Waals surface area contributed by atoms with Gasteiger partial charge >= 0.3 is 0 Å². The number of methoxy groups -OCH3 is 2. The molecule has 1 N–H and O–H groups in total. The molecule has 0 fully saturated rings. The molecule has 0 unspecified atom stereocenters. The van der Waals surface area contributed by atoms with E-state index in [2.05, 4.69) is 0 Å². The lowest BCUT2D eigenvalue weighted by Crippen LogP contribution is -2.11. The largest absolute Gasteiger partial charge is 0.493 e. The predicted octanol–water partition coefficient (Wildman–Crippen LogP) is 4.57. The first-order chi connectivity index (χ1) is 10.5. The molecular weight excluding hydrogens is 320 g/mol. The van der Waals surface area contributed by atoms with Crippen molar-refractivity contribution in [3.05, 3.63) is 53.1 Å². The average Bonchev–Trinajstić information content (AvgIpc) is 2.55. The summed E-state index contributed by atoms with van der Waals surface area (Å²) < 4.78 is 10.5. The molecule has 22 heavy (non-hydrogen) atoms. The molecule has 0 saturated heterocycles. The van der Waals surface area contributed by atoms with E-state index in [1.165, 1.54) is 0 Å². The van der Waals surface area contributed by atoms with E-state index in [0.29, 0.717) is 16.5 Å². The number of halogens is 1. The van der Waals surface area contributed by atoms with Gasteiger partial charge in [-0.25, -0.2) is 0 Å². The Morgan fingerprint density at radius 2 is 1.64 bits per heavy atom. The van der Waals surface area contributed by atoms with Crippen LogP contribution in [-0.2, 0) is 0 Å². The van der Waals surface area contributed by atoms with Crippen molar-refractivity contribution in [3.63, 3.8) is 0 Å². The maximum absolute atomic E-state index is 10.5. The normalized spacial score (nSPS) is 13.5. The van der Waals surface area contributed by atoms with Crippen LogP contribution in [0.4, 0.5) is 0 Å². The van der Waals surface area contributed by atoms with Gasteiger partial charge in [0, 0.05) is 15.2 Å². The molecule has 118 valence electrons. The van der Waals surface area contributed by atoms with E-state index in [1.54, 1.807) is 32.0 Å². The first-order valence-corrected chi connectivity index (χ1v) is 8.13. The second-order valence-corrected chi connectivity index (χ2v) is 6.72. The van der Waals surface area contributed by atoms with Gasteiger partial charge in [-0.05, 0) is 42.0 Å². The van der Waals surface area contributed by atoms with Crippen LogP contribution in [0.1, 0.15) is 18.6 Å². The lowest BCUT2D eigenvalue weighted by atomic mass is 10.1. The summed E-state index contributed by atoms with van der Waals surface area (Å²) in [6, 6.07) is 13.1. The molecule has 2 rings (SSSR count). The molecule has 0 heterocycles. The predicted molar refractivity (Wildman–Crippen MR) is 91.3 cm³/mol. The Morgan fingerprint density at radius 3 is 2.23 bits per heavy atom. The smallest absolute Gasteiger partial charge is 0.161 e. The summed E-state index contributed by atoms with van der Waals surface area (Å²) in [5.41, 5.74) is 0.798. The van der Waals surface area contributed by atoms with Gasteiger partial charge in [-0.3, -0.25) is 0 Å². The lowest BCUT2D eigenvalue weighted by molar-refractivity contribution is 0.179. The number of aliphatic hydroxyl groups is 1. The molecule has 3 nitrogen and oxygen atoms in total. The van der Waals surface area contributed by atoms with Gasteiger partial charge < -0.3 is 14.6 Å². The summed E-state index contributed by atoms with van der Waals surface area (Å²) in [4.78, 5) is 1.07. The molecular formula is C17H19ClO3S. The van der Waals surface area contributed by atoms with Crippen molar-refractivity contribution < 1.29 is 14.6 Å². The molecule has 0 spiro atoms. The zero-order valence-corrected chi connectivity index (χ0v) is 14.3. The summed E-state index contributed by atoms with van der Waals surface area (Å²) in [5.74, 6) is 1.26. The van der Waals surface area contributed by atoms with Crippen LogP contribution in [-0.4, -0.2) is 24.6 Å². The third-order valence-electron chi connectivity index (χ3n) is 3.33. The first-order valence-electron chi connectivity index (χ1n) is 6.87. The van der Waals surface area contributed by atoms with Crippen molar-refractivity contribution in [2.24, 2.45) is 0 Å². The summed E-state index contributed by atoms with van der Waals surface area (Å²) in [6.07, 6.45) is -0.611. The minimum Gasteiger partial charge on any atom is -0.493 e. The van der Waals surface area contributed by atoms with Gasteiger partial charge in [0.25, 0.3) is 0 Å². The quantitative estimate of drug-likeness (QED) is 0.783. The Hall–Kier alpha value is -1.36. The third kappa shape index (κ3) is 4.09. The molecule has 2 atom stereocenters. The topological polar surface area (TPSA) is 38.7 Å². The third-order valence-corrected chi connectivity index (χ3v) is 4.76. The van der Waals surface area contributed by atoms with Gasteiger partial charge in [-0.15, -0.1) is 11.8 Å². The minimum atomic E-state index is -0.611. The van der Waals surface area contributed by atoms with Crippen molar-refractivity contribution in [3.8, 4) is 11.5 Å². The van der Waals surface area contributed by atoms with E-state index < -0.39 is 6.10 Å². The van der Waals surface area contributed by atoms with Gasteiger partial charge in [0.1, 0.15) is 0 Å². The van der Waals surface area contributed by atoms with Crippen molar-refractivity contribution in [2.45, 2.75) is 23.2 Å². The molecule has 5 heteroatoms. The van der Waals surface area contributed by atoms with E-state index in [9.17, 15) is 5.11 Å². The summed E-state index contributed by atoms with van der Waals surface area (Å²) in [7, 11) is 3.17. The van der Waals surface area contributed by atoms with Crippen LogP contribution in [0, 0.1) is 0 Å². The fourth-order valence-electron chi connectivity index (χ4n) is 2.10. The second-order valence-electron chi connectivity index (χ2n) is 4.84. The molecule has 2 aromatic rings. The number of hydrogen-bond donors (Lipinski definition) is 1. The van der Waals surface area contributed by atoms with Crippen LogP contribution in [0.5, 0.6) is 11.5 Å². The number of aliphatic hydroxyl groups excluding tert-OH is 1. The summed E-state index contributed by atoms with van der Waals surface area (Å²) in [6.45, 7) is 1.99. The molecule has 0 aromatic heterocycles. The van der Waals surface area contributed by atoms with Gasteiger partial charge in [-0.2, -0.15) is 0 Å². The average molecular weight is 339 g/mol. The van der Waals surface area contributed by atoms with Crippen molar-refractivity contribution >= 4 is 23.4 Å². The molecule has 0 radical (unpaired) electrons. The highest BCUT2D eigenvalue weighted by molar-refractivity contribution is 8.00. The standard InChI is InChI=1S/C17H19ClO3S/c1-11(22-14-7-5-13(18)6-8-14)17(19)12-4-9-15(20-2)16(10-12)21-3/h4-11,17,19H,1-3H3/t11-,17-/m0/s1. The Labute approximate surface area is 140 Å². The van der Waals surface area contributed by atoms with Gasteiger partial charge in [0.05, 0.1) is 20.3 Å². The van der Waals surface area contributed by atoms with E-state index in [4.69, 9.17) is 21.1 Å². The van der Waals surface area contributed by atoms with Gasteiger partial charge in [-0.1, -0.05) is 24.6 Å². The molecule has 0 aliphatic heterocycles. The SMILES string of the molecule is COc1ccc([C@@H](O)[C@H](C)Sc2ccc(Cl)cc2)cc1OC. The number of rotatable bonds is 6. The van der Waals surface area contributed by atoms with Crippen molar-refractivity contribution in [2.75, 3.05) is 14.2 Å². The van der Waals surface area contributed by atoms with E-state index in [0.717, 1.165) is 10.5 Å². The number of benzene rings is 2. The van der Waals surface area contributed by atoms with Crippen LogP contribution in [0.25, 0.3) is 0 Å². The molecule has 0 saturated carbocycles. The Kier molecular flexibility index (Phi) is 6.00. The molecule has 0 amide bonds. The van der Waals surface area contributed by atoms with Crippen LogP contribution in [0.15, 0.2) is 47.4 Å². The van der Waals surface area contributed by atoms with E-state index >= 15 is 0 Å². The Balaban J connectivity index is 2.12. The zero-order chi connectivity index (χ0) is 16.1. The highest BCUT2D eigenvalue weighted by Crippen LogP contribution is 2.36. The van der Waals surface area contributed by atoms with E-state index in [-0.39, 0.29) is 5.25 Å².